The minimum atomic E-state index is -0.198. The highest BCUT2D eigenvalue weighted by Crippen LogP contribution is 2.46. The smallest absolute Gasteiger partial charge is 0.262 e. The fourth-order valence-electron chi connectivity index (χ4n) is 2.89. The Morgan fingerprint density at radius 3 is 2.36 bits per heavy atom. The van der Waals surface area contributed by atoms with Gasteiger partial charge >= 0.3 is 0 Å². The second-order valence-corrected chi connectivity index (χ2v) is 10.4. The standard InChI is InChI=1S/C22H27NO3S2/c1-22(2,3)16-6-8-17(9-7-16)23-20(24)14-26-18-10-5-15(13-19(18)25-4)21-27-11-12-28-21/h5-10,13,21H,11-12,14H2,1-4H3,(H,23,24). The molecule has 1 N–H and O–H groups in total. The molecule has 1 aliphatic heterocycles. The third-order valence-corrected chi connectivity index (χ3v) is 7.58. The molecule has 2 aromatic rings. The lowest BCUT2D eigenvalue weighted by Crippen LogP contribution is -2.20. The molecule has 0 saturated carbocycles. The van der Waals surface area contributed by atoms with Crippen molar-refractivity contribution < 1.29 is 14.3 Å². The van der Waals surface area contributed by atoms with Crippen LogP contribution in [-0.2, 0) is 10.2 Å². The largest absolute Gasteiger partial charge is 0.493 e. The second kappa shape index (κ2) is 9.14. The minimum Gasteiger partial charge on any atom is -0.493 e. The lowest BCUT2D eigenvalue weighted by molar-refractivity contribution is -0.118. The molecule has 28 heavy (non-hydrogen) atoms. The SMILES string of the molecule is COc1cc(C2SCCS2)ccc1OCC(=O)Nc1ccc(C(C)(C)C)cc1. The molecule has 1 saturated heterocycles. The first-order chi connectivity index (χ1) is 13.4. The average Bonchev–Trinajstić information content (AvgIpc) is 3.21. The van der Waals surface area contributed by atoms with Crippen LogP contribution in [0, 0.1) is 0 Å². The highest BCUT2D eigenvalue weighted by atomic mass is 32.2. The van der Waals surface area contributed by atoms with Crippen LogP contribution in [-0.4, -0.2) is 31.1 Å². The Morgan fingerprint density at radius 2 is 1.75 bits per heavy atom. The number of ether oxygens (including phenoxy) is 2. The Labute approximate surface area is 175 Å². The first kappa shape index (κ1) is 20.9. The molecule has 6 heteroatoms. The van der Waals surface area contributed by atoms with Crippen molar-refractivity contribution in [3.05, 3.63) is 53.6 Å². The van der Waals surface area contributed by atoms with E-state index in [-0.39, 0.29) is 17.9 Å². The molecule has 150 valence electrons. The Kier molecular flexibility index (Phi) is 6.83. The Morgan fingerprint density at radius 1 is 1.07 bits per heavy atom. The van der Waals surface area contributed by atoms with Gasteiger partial charge in [-0.2, -0.15) is 0 Å². The summed E-state index contributed by atoms with van der Waals surface area (Å²) in [4.78, 5) is 12.3. The number of nitrogens with one attached hydrogen (secondary N) is 1. The van der Waals surface area contributed by atoms with Crippen molar-refractivity contribution in [3.8, 4) is 11.5 Å². The fourth-order valence-corrected chi connectivity index (χ4v) is 5.73. The summed E-state index contributed by atoms with van der Waals surface area (Å²) < 4.78 is 11.6. The molecule has 0 atom stereocenters. The molecule has 1 aliphatic rings. The summed E-state index contributed by atoms with van der Waals surface area (Å²) in [5, 5.41) is 2.87. The molecule has 3 rings (SSSR count). The zero-order valence-corrected chi connectivity index (χ0v) is 18.4. The molecule has 2 aromatic carbocycles. The Bertz CT molecular complexity index is 810. The molecule has 0 aromatic heterocycles. The van der Waals surface area contributed by atoms with Gasteiger partial charge < -0.3 is 14.8 Å². The summed E-state index contributed by atoms with van der Waals surface area (Å²) in [5.74, 6) is 3.39. The monoisotopic (exact) mass is 417 g/mol. The molecule has 0 radical (unpaired) electrons. The van der Waals surface area contributed by atoms with Gasteiger partial charge in [0.2, 0.25) is 0 Å². The molecular formula is C22H27NO3S2. The lowest BCUT2D eigenvalue weighted by atomic mass is 9.87. The first-order valence-electron chi connectivity index (χ1n) is 9.31. The number of benzene rings is 2. The lowest BCUT2D eigenvalue weighted by Gasteiger charge is -2.19. The van der Waals surface area contributed by atoms with Crippen LogP contribution in [0.15, 0.2) is 42.5 Å². The van der Waals surface area contributed by atoms with E-state index in [0.717, 1.165) is 5.69 Å². The van der Waals surface area contributed by atoms with Gasteiger partial charge in [-0.15, -0.1) is 23.5 Å². The maximum absolute atomic E-state index is 12.3. The number of hydrogen-bond acceptors (Lipinski definition) is 5. The van der Waals surface area contributed by atoms with E-state index in [4.69, 9.17) is 9.47 Å². The maximum atomic E-state index is 12.3. The fraction of sp³-hybridized carbons (Fsp3) is 0.409. The predicted molar refractivity (Wildman–Crippen MR) is 120 cm³/mol. The minimum absolute atomic E-state index is 0.0658. The van der Waals surface area contributed by atoms with Crippen LogP contribution in [0.4, 0.5) is 5.69 Å². The van der Waals surface area contributed by atoms with Crippen molar-refractivity contribution in [1.29, 1.82) is 0 Å². The van der Waals surface area contributed by atoms with E-state index >= 15 is 0 Å². The molecule has 1 amide bonds. The molecule has 0 bridgehead atoms. The summed E-state index contributed by atoms with van der Waals surface area (Å²) in [6, 6.07) is 13.9. The van der Waals surface area contributed by atoms with Crippen molar-refractivity contribution >= 4 is 35.1 Å². The highest BCUT2D eigenvalue weighted by Gasteiger charge is 2.20. The topological polar surface area (TPSA) is 47.6 Å². The van der Waals surface area contributed by atoms with Crippen LogP contribution in [0.5, 0.6) is 11.5 Å². The van der Waals surface area contributed by atoms with Crippen LogP contribution in [0.3, 0.4) is 0 Å². The Balaban J connectivity index is 1.58. The Hall–Kier alpha value is -1.79. The van der Waals surface area contributed by atoms with Crippen molar-refractivity contribution in [2.75, 3.05) is 30.5 Å². The van der Waals surface area contributed by atoms with Crippen molar-refractivity contribution in [3.63, 3.8) is 0 Å². The van der Waals surface area contributed by atoms with Gasteiger partial charge in [0.25, 0.3) is 5.91 Å². The zero-order valence-electron chi connectivity index (χ0n) is 16.8. The molecule has 0 unspecified atom stereocenters. The van der Waals surface area contributed by atoms with E-state index in [1.54, 1.807) is 7.11 Å². The number of methoxy groups -OCH3 is 1. The van der Waals surface area contributed by atoms with Crippen molar-refractivity contribution in [1.82, 2.24) is 0 Å². The van der Waals surface area contributed by atoms with E-state index in [9.17, 15) is 4.79 Å². The molecule has 0 aliphatic carbocycles. The second-order valence-electron chi connectivity index (χ2n) is 7.65. The summed E-state index contributed by atoms with van der Waals surface area (Å²) in [7, 11) is 1.62. The van der Waals surface area contributed by atoms with Crippen molar-refractivity contribution in [2.24, 2.45) is 0 Å². The predicted octanol–water partition coefficient (Wildman–Crippen LogP) is 5.49. The quantitative estimate of drug-likeness (QED) is 0.673. The summed E-state index contributed by atoms with van der Waals surface area (Å²) in [6.45, 7) is 6.43. The van der Waals surface area contributed by atoms with Gasteiger partial charge in [0.1, 0.15) is 0 Å². The third-order valence-electron chi connectivity index (χ3n) is 4.48. The molecular weight excluding hydrogens is 390 g/mol. The van der Waals surface area contributed by atoms with Gasteiger partial charge in [-0.05, 0) is 40.8 Å². The van der Waals surface area contributed by atoms with Crippen LogP contribution < -0.4 is 14.8 Å². The number of carbonyl (C=O) groups excluding carboxylic acids is 1. The van der Waals surface area contributed by atoms with E-state index < -0.39 is 0 Å². The van der Waals surface area contributed by atoms with E-state index in [2.05, 4.69) is 32.2 Å². The zero-order chi connectivity index (χ0) is 20.1. The van der Waals surface area contributed by atoms with Crippen LogP contribution in [0.1, 0.15) is 36.5 Å². The van der Waals surface area contributed by atoms with Crippen LogP contribution in [0.25, 0.3) is 0 Å². The van der Waals surface area contributed by atoms with Crippen molar-refractivity contribution in [2.45, 2.75) is 30.8 Å². The number of thioether (sulfide) groups is 2. The molecule has 0 spiro atoms. The van der Waals surface area contributed by atoms with Gasteiger partial charge in [-0.1, -0.05) is 39.0 Å². The van der Waals surface area contributed by atoms with Gasteiger partial charge in [0, 0.05) is 17.2 Å². The van der Waals surface area contributed by atoms with Crippen LogP contribution >= 0.6 is 23.5 Å². The number of amides is 1. The van der Waals surface area contributed by atoms with Gasteiger partial charge in [-0.3, -0.25) is 4.79 Å². The first-order valence-corrected chi connectivity index (χ1v) is 11.4. The number of anilines is 1. The molecule has 4 nitrogen and oxygen atoms in total. The summed E-state index contributed by atoms with van der Waals surface area (Å²) in [5.41, 5.74) is 3.30. The summed E-state index contributed by atoms with van der Waals surface area (Å²) in [6.07, 6.45) is 0. The van der Waals surface area contributed by atoms with Crippen LogP contribution in [0.2, 0.25) is 0 Å². The average molecular weight is 418 g/mol. The molecule has 1 heterocycles. The molecule has 1 fully saturated rings. The normalized spacial score (nSPS) is 14.7. The summed E-state index contributed by atoms with van der Waals surface area (Å²) >= 11 is 3.89. The highest BCUT2D eigenvalue weighted by molar-refractivity contribution is 8.19. The van der Waals surface area contributed by atoms with Gasteiger partial charge in [0.15, 0.2) is 18.1 Å². The van der Waals surface area contributed by atoms with E-state index in [1.165, 1.54) is 22.6 Å². The third kappa shape index (κ3) is 5.39. The number of hydrogen-bond donors (Lipinski definition) is 1. The number of rotatable bonds is 6. The maximum Gasteiger partial charge on any atom is 0.262 e. The van der Waals surface area contributed by atoms with E-state index in [1.807, 2.05) is 59.9 Å². The van der Waals surface area contributed by atoms with Gasteiger partial charge in [-0.25, -0.2) is 0 Å². The van der Waals surface area contributed by atoms with E-state index in [0.29, 0.717) is 16.1 Å². The van der Waals surface area contributed by atoms with Gasteiger partial charge in [0.05, 0.1) is 11.7 Å². The number of carbonyl (C=O) groups is 1.